The predicted octanol–water partition coefficient (Wildman–Crippen LogP) is 1.67. The number of methoxy groups -OCH3 is 1. The summed E-state index contributed by atoms with van der Waals surface area (Å²) in [6.07, 6.45) is 0.833. The van der Waals surface area contributed by atoms with Crippen molar-refractivity contribution in [3.8, 4) is 5.75 Å². The van der Waals surface area contributed by atoms with Crippen molar-refractivity contribution in [1.29, 1.82) is 0 Å². The highest BCUT2D eigenvalue weighted by Gasteiger charge is 2.20. The molecule has 0 saturated carbocycles. The molecular formula is C10H13ClN2O3. The van der Waals surface area contributed by atoms with Crippen LogP contribution in [0.5, 0.6) is 5.75 Å². The number of hydrogen-bond acceptors (Lipinski definition) is 4. The van der Waals surface area contributed by atoms with Crippen LogP contribution in [0.25, 0.3) is 0 Å². The third-order valence-corrected chi connectivity index (χ3v) is 2.58. The largest absolute Gasteiger partial charge is 0.490 e. The van der Waals surface area contributed by atoms with Gasteiger partial charge in [-0.25, -0.2) is 0 Å². The highest BCUT2D eigenvalue weighted by molar-refractivity contribution is 5.85. The molecule has 16 heavy (non-hydrogen) atoms. The Labute approximate surface area is 99.4 Å². The standard InChI is InChI=1S/C10H12N2O3.ClH/c1-15-10-5-8-6-11-3-2-7(8)4-9(10)12(13)14;/h4-5,11H,2-3,6H2,1H3;1H. The summed E-state index contributed by atoms with van der Waals surface area (Å²) in [5, 5.41) is 14.0. The fraction of sp³-hybridized carbons (Fsp3) is 0.400. The van der Waals surface area contributed by atoms with Crippen molar-refractivity contribution < 1.29 is 9.66 Å². The van der Waals surface area contributed by atoms with Crippen molar-refractivity contribution in [3.63, 3.8) is 0 Å². The van der Waals surface area contributed by atoms with E-state index in [4.69, 9.17) is 4.74 Å². The van der Waals surface area contributed by atoms with Crippen LogP contribution in [0.4, 0.5) is 5.69 Å². The van der Waals surface area contributed by atoms with E-state index in [0.717, 1.165) is 30.6 Å². The molecule has 88 valence electrons. The summed E-state index contributed by atoms with van der Waals surface area (Å²) in [4.78, 5) is 10.4. The van der Waals surface area contributed by atoms with Gasteiger partial charge in [0.2, 0.25) is 0 Å². The third-order valence-electron chi connectivity index (χ3n) is 2.58. The number of benzene rings is 1. The topological polar surface area (TPSA) is 64.4 Å². The van der Waals surface area contributed by atoms with Gasteiger partial charge in [-0.15, -0.1) is 12.4 Å². The second-order valence-corrected chi connectivity index (χ2v) is 3.48. The Morgan fingerprint density at radius 3 is 2.81 bits per heavy atom. The SMILES string of the molecule is COc1cc2c(cc1[N+](=O)[O-])CCNC2.Cl. The first-order chi connectivity index (χ1) is 7.22. The summed E-state index contributed by atoms with van der Waals surface area (Å²) in [7, 11) is 1.45. The molecule has 1 aromatic carbocycles. The number of ether oxygens (including phenoxy) is 1. The number of nitrogens with one attached hydrogen (secondary N) is 1. The van der Waals surface area contributed by atoms with Gasteiger partial charge in [-0.2, -0.15) is 0 Å². The molecule has 1 aromatic rings. The lowest BCUT2D eigenvalue weighted by molar-refractivity contribution is -0.385. The van der Waals surface area contributed by atoms with Crippen molar-refractivity contribution in [2.24, 2.45) is 0 Å². The molecule has 0 unspecified atom stereocenters. The van der Waals surface area contributed by atoms with Gasteiger partial charge >= 0.3 is 5.69 Å². The van der Waals surface area contributed by atoms with Gasteiger partial charge in [0.25, 0.3) is 0 Å². The van der Waals surface area contributed by atoms with Crippen molar-refractivity contribution in [1.82, 2.24) is 5.32 Å². The van der Waals surface area contributed by atoms with Gasteiger partial charge < -0.3 is 10.1 Å². The molecule has 0 saturated heterocycles. The second kappa shape index (κ2) is 5.14. The van der Waals surface area contributed by atoms with Gasteiger partial charge in [-0.05, 0) is 30.2 Å². The maximum absolute atomic E-state index is 10.8. The van der Waals surface area contributed by atoms with Crippen LogP contribution in [-0.4, -0.2) is 18.6 Å². The lowest BCUT2D eigenvalue weighted by Gasteiger charge is -2.17. The summed E-state index contributed by atoms with van der Waals surface area (Å²) in [6, 6.07) is 3.37. The first-order valence-electron chi connectivity index (χ1n) is 4.77. The zero-order valence-corrected chi connectivity index (χ0v) is 9.67. The summed E-state index contributed by atoms with van der Waals surface area (Å²) >= 11 is 0. The Kier molecular flexibility index (Phi) is 4.09. The number of nitro benzene ring substituents is 1. The second-order valence-electron chi connectivity index (χ2n) is 3.48. The number of nitro groups is 1. The number of hydrogen-bond donors (Lipinski definition) is 1. The quantitative estimate of drug-likeness (QED) is 0.635. The van der Waals surface area contributed by atoms with Crippen LogP contribution in [0.3, 0.4) is 0 Å². The Morgan fingerprint density at radius 2 is 2.19 bits per heavy atom. The van der Waals surface area contributed by atoms with E-state index < -0.39 is 4.92 Å². The first kappa shape index (κ1) is 12.7. The number of rotatable bonds is 2. The van der Waals surface area contributed by atoms with E-state index in [1.807, 2.05) is 0 Å². The fourth-order valence-corrected chi connectivity index (χ4v) is 1.80. The van der Waals surface area contributed by atoms with Crippen LogP contribution >= 0.6 is 12.4 Å². The monoisotopic (exact) mass is 244 g/mol. The Balaban J connectivity index is 0.00000128. The Morgan fingerprint density at radius 1 is 1.44 bits per heavy atom. The molecule has 5 nitrogen and oxygen atoms in total. The van der Waals surface area contributed by atoms with Crippen LogP contribution in [0, 0.1) is 10.1 Å². The average Bonchev–Trinajstić information content (AvgIpc) is 2.27. The highest BCUT2D eigenvalue weighted by atomic mass is 35.5. The van der Waals surface area contributed by atoms with E-state index in [2.05, 4.69) is 5.32 Å². The van der Waals surface area contributed by atoms with Crippen molar-refractivity contribution in [2.45, 2.75) is 13.0 Å². The van der Waals surface area contributed by atoms with Crippen LogP contribution in [0.1, 0.15) is 11.1 Å². The molecule has 6 heteroatoms. The summed E-state index contributed by atoms with van der Waals surface area (Å²) in [5.41, 5.74) is 2.18. The summed E-state index contributed by atoms with van der Waals surface area (Å²) < 4.78 is 5.00. The van der Waals surface area contributed by atoms with E-state index in [1.54, 1.807) is 12.1 Å². The summed E-state index contributed by atoms with van der Waals surface area (Å²) in [6.45, 7) is 1.63. The van der Waals surface area contributed by atoms with Gasteiger partial charge in [0.1, 0.15) is 0 Å². The van der Waals surface area contributed by atoms with E-state index in [1.165, 1.54) is 7.11 Å². The normalized spacial score (nSPS) is 13.6. The molecule has 0 aromatic heterocycles. The Hall–Kier alpha value is -1.33. The lowest BCUT2D eigenvalue weighted by Crippen LogP contribution is -2.23. The molecule has 1 aliphatic rings. The van der Waals surface area contributed by atoms with Gasteiger partial charge in [-0.3, -0.25) is 10.1 Å². The van der Waals surface area contributed by atoms with Crippen LogP contribution in [-0.2, 0) is 13.0 Å². The molecule has 1 aliphatic heterocycles. The fourth-order valence-electron chi connectivity index (χ4n) is 1.80. The minimum absolute atomic E-state index is 0. The molecule has 0 aliphatic carbocycles. The van der Waals surface area contributed by atoms with E-state index in [0.29, 0.717) is 5.75 Å². The zero-order valence-electron chi connectivity index (χ0n) is 8.86. The molecule has 1 N–H and O–H groups in total. The molecule has 0 atom stereocenters. The predicted molar refractivity (Wildman–Crippen MR) is 62.3 cm³/mol. The molecule has 0 bridgehead atoms. The smallest absolute Gasteiger partial charge is 0.311 e. The Bertz CT molecular complexity index is 409. The molecular weight excluding hydrogens is 232 g/mol. The van der Waals surface area contributed by atoms with E-state index in [9.17, 15) is 10.1 Å². The van der Waals surface area contributed by atoms with Crippen LogP contribution < -0.4 is 10.1 Å². The minimum atomic E-state index is -0.402. The number of fused-ring (bicyclic) bond motifs is 1. The van der Waals surface area contributed by atoms with Crippen LogP contribution in [0.2, 0.25) is 0 Å². The zero-order chi connectivity index (χ0) is 10.8. The highest BCUT2D eigenvalue weighted by Crippen LogP contribution is 2.31. The summed E-state index contributed by atoms with van der Waals surface area (Å²) in [5.74, 6) is 0.336. The molecule has 0 amide bonds. The molecule has 0 spiro atoms. The van der Waals surface area contributed by atoms with Crippen molar-refractivity contribution >= 4 is 18.1 Å². The maximum atomic E-state index is 10.8. The first-order valence-corrected chi connectivity index (χ1v) is 4.77. The molecule has 0 fully saturated rings. The van der Waals surface area contributed by atoms with Gasteiger partial charge in [0, 0.05) is 12.6 Å². The van der Waals surface area contributed by atoms with Gasteiger partial charge in [0.05, 0.1) is 12.0 Å². The maximum Gasteiger partial charge on any atom is 0.311 e. The van der Waals surface area contributed by atoms with E-state index >= 15 is 0 Å². The van der Waals surface area contributed by atoms with Gasteiger partial charge in [-0.1, -0.05) is 0 Å². The number of halogens is 1. The van der Waals surface area contributed by atoms with Gasteiger partial charge in [0.15, 0.2) is 5.75 Å². The van der Waals surface area contributed by atoms with Crippen molar-refractivity contribution in [3.05, 3.63) is 33.4 Å². The third kappa shape index (κ3) is 2.25. The number of nitrogens with zero attached hydrogens (tertiary/aromatic N) is 1. The van der Waals surface area contributed by atoms with Crippen molar-refractivity contribution in [2.75, 3.05) is 13.7 Å². The van der Waals surface area contributed by atoms with Crippen LogP contribution in [0.15, 0.2) is 12.1 Å². The average molecular weight is 245 g/mol. The van der Waals surface area contributed by atoms with E-state index in [-0.39, 0.29) is 18.1 Å². The molecule has 1 heterocycles. The minimum Gasteiger partial charge on any atom is -0.490 e. The molecule has 0 radical (unpaired) electrons. The lowest BCUT2D eigenvalue weighted by atomic mass is 10.00. The molecule has 2 rings (SSSR count).